The highest BCUT2D eigenvalue weighted by molar-refractivity contribution is 5.80. The Bertz CT molecular complexity index is 175. The topological polar surface area (TPSA) is 20.3 Å². The molecule has 13 heavy (non-hydrogen) atoms. The van der Waals surface area contributed by atoms with Gasteiger partial charge in [-0.1, -0.05) is 13.3 Å². The van der Waals surface area contributed by atoms with Gasteiger partial charge in [-0.3, -0.25) is 9.69 Å². The van der Waals surface area contributed by atoms with Gasteiger partial charge in [-0.15, -0.1) is 0 Å². The van der Waals surface area contributed by atoms with Gasteiger partial charge in [0.2, 0.25) is 0 Å². The first-order valence-electron chi connectivity index (χ1n) is 5.39. The summed E-state index contributed by atoms with van der Waals surface area (Å²) in [7, 11) is 0. The number of rotatable bonds is 5. The molecule has 2 heteroatoms. The van der Waals surface area contributed by atoms with Crippen LogP contribution in [0.3, 0.4) is 0 Å². The monoisotopic (exact) mass is 183 g/mol. The van der Waals surface area contributed by atoms with Crippen molar-refractivity contribution < 1.29 is 4.79 Å². The van der Waals surface area contributed by atoms with E-state index in [-0.39, 0.29) is 6.04 Å². The Hall–Kier alpha value is -0.370. The number of Topliss-reactive ketones (excluding diaryl/α,β-unsaturated/α-hetero) is 1. The second kappa shape index (κ2) is 4.75. The molecule has 0 aromatic rings. The molecule has 1 unspecified atom stereocenters. The van der Waals surface area contributed by atoms with Crippen LogP contribution in [0.2, 0.25) is 0 Å². The minimum atomic E-state index is 0.116. The average Bonchev–Trinajstić information content (AvgIpc) is 2.02. The van der Waals surface area contributed by atoms with Crippen LogP contribution in [0, 0.1) is 5.92 Å². The predicted octanol–water partition coefficient (Wildman–Crippen LogP) is 2.09. The lowest BCUT2D eigenvalue weighted by atomic mass is 9.85. The summed E-state index contributed by atoms with van der Waals surface area (Å²) in [5.41, 5.74) is 0. The van der Waals surface area contributed by atoms with Crippen LogP contribution in [-0.2, 0) is 4.79 Å². The summed E-state index contributed by atoms with van der Waals surface area (Å²) in [6, 6.07) is 0.116. The van der Waals surface area contributed by atoms with Gasteiger partial charge in [0.25, 0.3) is 0 Å². The number of carbonyl (C=O) groups is 1. The Labute approximate surface area is 81.3 Å². The molecule has 1 atom stereocenters. The molecule has 0 aromatic heterocycles. The van der Waals surface area contributed by atoms with E-state index in [9.17, 15) is 4.79 Å². The molecule has 1 aliphatic carbocycles. The smallest absolute Gasteiger partial charge is 0.146 e. The number of hydrogen-bond acceptors (Lipinski definition) is 2. The third kappa shape index (κ3) is 2.80. The zero-order chi connectivity index (χ0) is 9.84. The molecule has 0 heterocycles. The first-order valence-corrected chi connectivity index (χ1v) is 5.39. The standard InChI is InChI=1S/C11H21NO/c1-4-12(9(2)10(3)13)8-11-6-5-7-11/h9,11H,4-8H2,1-3H3. The number of likely N-dealkylation sites (N-methyl/N-ethyl adjacent to an activating group) is 1. The van der Waals surface area contributed by atoms with Gasteiger partial charge in [-0.25, -0.2) is 0 Å². The second-order valence-corrected chi connectivity index (χ2v) is 4.17. The van der Waals surface area contributed by atoms with Gasteiger partial charge < -0.3 is 0 Å². The van der Waals surface area contributed by atoms with Crippen molar-refractivity contribution in [2.75, 3.05) is 13.1 Å². The maximum Gasteiger partial charge on any atom is 0.146 e. The molecule has 1 aliphatic rings. The van der Waals surface area contributed by atoms with E-state index in [4.69, 9.17) is 0 Å². The van der Waals surface area contributed by atoms with Crippen LogP contribution in [0.1, 0.15) is 40.0 Å². The molecule has 1 saturated carbocycles. The van der Waals surface area contributed by atoms with Crippen molar-refractivity contribution >= 4 is 5.78 Å². The van der Waals surface area contributed by atoms with Crippen LogP contribution in [0.4, 0.5) is 0 Å². The third-order valence-electron chi connectivity index (χ3n) is 3.26. The van der Waals surface area contributed by atoms with Crippen molar-refractivity contribution in [3.63, 3.8) is 0 Å². The van der Waals surface area contributed by atoms with Crippen LogP contribution in [0.25, 0.3) is 0 Å². The van der Waals surface area contributed by atoms with Crippen LogP contribution < -0.4 is 0 Å². The Morgan fingerprint density at radius 2 is 2.15 bits per heavy atom. The second-order valence-electron chi connectivity index (χ2n) is 4.17. The van der Waals surface area contributed by atoms with Gasteiger partial charge in [-0.2, -0.15) is 0 Å². The first-order chi connectivity index (χ1) is 6.15. The lowest BCUT2D eigenvalue weighted by Gasteiger charge is -2.34. The molecular formula is C11H21NO. The van der Waals surface area contributed by atoms with Crippen LogP contribution in [0.15, 0.2) is 0 Å². The quantitative estimate of drug-likeness (QED) is 0.650. The Morgan fingerprint density at radius 1 is 1.54 bits per heavy atom. The molecule has 0 bridgehead atoms. The summed E-state index contributed by atoms with van der Waals surface area (Å²) in [6.45, 7) is 7.96. The maximum atomic E-state index is 11.2. The summed E-state index contributed by atoms with van der Waals surface area (Å²) in [4.78, 5) is 13.5. The third-order valence-corrected chi connectivity index (χ3v) is 3.26. The summed E-state index contributed by atoms with van der Waals surface area (Å²) in [5, 5.41) is 0. The van der Waals surface area contributed by atoms with E-state index in [1.54, 1.807) is 6.92 Å². The highest BCUT2D eigenvalue weighted by Gasteiger charge is 2.23. The minimum absolute atomic E-state index is 0.116. The van der Waals surface area contributed by atoms with Gasteiger partial charge in [0.15, 0.2) is 0 Å². The molecule has 2 nitrogen and oxygen atoms in total. The van der Waals surface area contributed by atoms with Gasteiger partial charge >= 0.3 is 0 Å². The van der Waals surface area contributed by atoms with E-state index in [0.29, 0.717) is 5.78 Å². The van der Waals surface area contributed by atoms with Crippen molar-refractivity contribution in [2.24, 2.45) is 5.92 Å². The minimum Gasteiger partial charge on any atom is -0.298 e. The molecule has 1 rings (SSSR count). The number of nitrogens with zero attached hydrogens (tertiary/aromatic N) is 1. The van der Waals surface area contributed by atoms with Gasteiger partial charge in [0.05, 0.1) is 6.04 Å². The Morgan fingerprint density at radius 3 is 2.46 bits per heavy atom. The highest BCUT2D eigenvalue weighted by Crippen LogP contribution is 2.27. The molecular weight excluding hydrogens is 162 g/mol. The van der Waals surface area contributed by atoms with Crippen molar-refractivity contribution in [1.29, 1.82) is 0 Å². The fraction of sp³-hybridized carbons (Fsp3) is 0.909. The maximum absolute atomic E-state index is 11.2. The van der Waals surface area contributed by atoms with Crippen molar-refractivity contribution in [3.05, 3.63) is 0 Å². The van der Waals surface area contributed by atoms with Crippen molar-refractivity contribution in [2.45, 2.75) is 46.1 Å². The number of carbonyl (C=O) groups excluding carboxylic acids is 1. The Kier molecular flexibility index (Phi) is 3.91. The largest absolute Gasteiger partial charge is 0.298 e. The lowest BCUT2D eigenvalue weighted by molar-refractivity contribution is -0.121. The first kappa shape index (κ1) is 10.7. The zero-order valence-corrected chi connectivity index (χ0v) is 9.05. The molecule has 1 fully saturated rings. The molecule has 0 aromatic carbocycles. The van der Waals surface area contributed by atoms with Crippen LogP contribution in [0.5, 0.6) is 0 Å². The number of ketones is 1. The van der Waals surface area contributed by atoms with E-state index in [2.05, 4.69) is 11.8 Å². The predicted molar refractivity (Wildman–Crippen MR) is 54.7 cm³/mol. The fourth-order valence-electron chi connectivity index (χ4n) is 1.83. The summed E-state index contributed by atoms with van der Waals surface area (Å²) < 4.78 is 0. The summed E-state index contributed by atoms with van der Waals surface area (Å²) in [6.07, 6.45) is 4.11. The molecule has 0 aliphatic heterocycles. The van der Waals surface area contributed by atoms with E-state index in [0.717, 1.165) is 19.0 Å². The SMILES string of the molecule is CCN(CC1CCC1)C(C)C(C)=O. The van der Waals surface area contributed by atoms with Crippen molar-refractivity contribution in [3.8, 4) is 0 Å². The lowest BCUT2D eigenvalue weighted by Crippen LogP contribution is -2.42. The number of hydrogen-bond donors (Lipinski definition) is 0. The molecule has 76 valence electrons. The molecule has 0 radical (unpaired) electrons. The average molecular weight is 183 g/mol. The van der Waals surface area contributed by atoms with Crippen molar-refractivity contribution in [1.82, 2.24) is 4.90 Å². The molecule has 0 amide bonds. The highest BCUT2D eigenvalue weighted by atomic mass is 16.1. The zero-order valence-electron chi connectivity index (χ0n) is 9.05. The summed E-state index contributed by atoms with van der Waals surface area (Å²) in [5.74, 6) is 1.16. The van der Waals surface area contributed by atoms with Crippen LogP contribution in [-0.4, -0.2) is 29.8 Å². The van der Waals surface area contributed by atoms with E-state index >= 15 is 0 Å². The molecule has 0 spiro atoms. The van der Waals surface area contributed by atoms with E-state index in [1.807, 2.05) is 6.92 Å². The van der Waals surface area contributed by atoms with Gasteiger partial charge in [-0.05, 0) is 39.2 Å². The molecule has 0 N–H and O–H groups in total. The molecule has 0 saturated heterocycles. The van der Waals surface area contributed by atoms with Crippen LogP contribution >= 0.6 is 0 Å². The Balaban J connectivity index is 2.36. The fourth-order valence-corrected chi connectivity index (χ4v) is 1.83. The summed E-state index contributed by atoms with van der Waals surface area (Å²) >= 11 is 0. The van der Waals surface area contributed by atoms with Gasteiger partial charge in [0.1, 0.15) is 5.78 Å². The van der Waals surface area contributed by atoms with Gasteiger partial charge in [0, 0.05) is 6.54 Å². The van der Waals surface area contributed by atoms with E-state index in [1.165, 1.54) is 19.3 Å². The normalized spacial score (nSPS) is 20.0. The van der Waals surface area contributed by atoms with E-state index < -0.39 is 0 Å².